The molecule has 0 saturated carbocycles. The number of benzene rings is 6. The normalized spacial score (nSPS) is 25.2. The number of hydrogen-bond donors (Lipinski definition) is 0. The molecule has 0 spiro atoms. The van der Waals surface area contributed by atoms with E-state index in [4.69, 9.17) is 9.47 Å². The van der Waals surface area contributed by atoms with Gasteiger partial charge < -0.3 is 9.47 Å². The molecule has 16 rings (SSSR count). The Morgan fingerprint density at radius 2 is 0.554 bits per heavy atom. The topological polar surface area (TPSA) is 18.5 Å². The van der Waals surface area contributed by atoms with Crippen molar-refractivity contribution >= 4 is 68.1 Å². The zero-order chi connectivity index (χ0) is 48.8. The number of fused-ring (bicyclic) bond motifs is 26. The van der Waals surface area contributed by atoms with Crippen molar-refractivity contribution in [3.63, 3.8) is 0 Å². The molecule has 10 aliphatic rings. The largest absolute Gasteiger partial charge is 0.356 e. The first-order chi connectivity index (χ1) is 36.6. The summed E-state index contributed by atoms with van der Waals surface area (Å²) in [4.78, 5) is 0. The molecule has 4 bridgehead atoms. The van der Waals surface area contributed by atoms with Crippen LogP contribution in [0.5, 0.6) is 0 Å². The Hall–Kier alpha value is -5.28. The lowest BCUT2D eigenvalue weighted by molar-refractivity contribution is 0.0946. The summed E-state index contributed by atoms with van der Waals surface area (Å²) in [5.41, 5.74) is 30.9. The van der Waals surface area contributed by atoms with E-state index >= 15 is 0 Å². The van der Waals surface area contributed by atoms with Gasteiger partial charge in [0.15, 0.2) is 0 Å². The average molecular weight is 969 g/mol. The Balaban J connectivity index is 0.967. The van der Waals surface area contributed by atoms with Crippen LogP contribution in [0.2, 0.25) is 0 Å². The van der Waals surface area contributed by atoms with E-state index in [0.29, 0.717) is 23.7 Å². The van der Waals surface area contributed by atoms with E-state index in [0.717, 1.165) is 25.7 Å². The van der Waals surface area contributed by atoms with Crippen LogP contribution in [0, 0.1) is 0 Å². The predicted molar refractivity (Wildman–Crippen MR) is 306 cm³/mol. The molecule has 74 heavy (non-hydrogen) atoms. The summed E-state index contributed by atoms with van der Waals surface area (Å²) in [5, 5.41) is 12.5. The van der Waals surface area contributed by atoms with Gasteiger partial charge >= 0.3 is 0 Å². The molecule has 2 heteroatoms. The zero-order valence-corrected chi connectivity index (χ0v) is 44.5. The van der Waals surface area contributed by atoms with Crippen molar-refractivity contribution < 1.29 is 9.47 Å². The highest BCUT2D eigenvalue weighted by Gasteiger charge is 2.55. The lowest BCUT2D eigenvalue weighted by Crippen LogP contribution is -2.39. The summed E-state index contributed by atoms with van der Waals surface area (Å²) in [6, 6.07) is 20.7. The number of ether oxygens (including phenoxy) is 2. The molecule has 372 valence electrons. The Morgan fingerprint density at radius 1 is 0.297 bits per heavy atom. The van der Waals surface area contributed by atoms with E-state index in [1.165, 1.54) is 147 Å². The summed E-state index contributed by atoms with van der Waals surface area (Å²) >= 11 is 0. The highest BCUT2D eigenvalue weighted by molar-refractivity contribution is 6.21. The first-order valence-corrected chi connectivity index (χ1v) is 30.4. The van der Waals surface area contributed by atoms with Crippen LogP contribution in [0.3, 0.4) is 0 Å². The van der Waals surface area contributed by atoms with Crippen LogP contribution in [0.4, 0.5) is 0 Å². The summed E-state index contributed by atoms with van der Waals surface area (Å²) in [7, 11) is 0. The van der Waals surface area contributed by atoms with Crippen molar-refractivity contribution in [1.29, 1.82) is 0 Å². The van der Waals surface area contributed by atoms with Crippen LogP contribution in [-0.4, -0.2) is 0 Å². The number of hydrogen-bond acceptors (Lipinski definition) is 2. The maximum Gasteiger partial charge on any atom is 0.111 e. The Bertz CT molecular complexity index is 3410. The molecular weight excluding hydrogens is 897 g/mol. The van der Waals surface area contributed by atoms with Crippen molar-refractivity contribution in [1.82, 2.24) is 0 Å². The minimum Gasteiger partial charge on any atom is -0.356 e. The number of rotatable bonds is 20. The van der Waals surface area contributed by atoms with Gasteiger partial charge in [0.25, 0.3) is 0 Å². The molecule has 2 nitrogen and oxygen atoms in total. The molecule has 4 aliphatic heterocycles. The molecule has 0 aromatic heterocycles. The Labute approximate surface area is 438 Å². The van der Waals surface area contributed by atoms with Crippen molar-refractivity contribution in [2.75, 3.05) is 0 Å². The van der Waals surface area contributed by atoms with Gasteiger partial charge in [-0.2, -0.15) is 0 Å². The third-order valence-corrected chi connectivity index (χ3v) is 21.3. The van der Waals surface area contributed by atoms with Crippen molar-refractivity contribution in [3.8, 4) is 0 Å². The maximum absolute atomic E-state index is 7.63. The van der Waals surface area contributed by atoms with Crippen LogP contribution in [-0.2, 0) is 35.2 Å². The van der Waals surface area contributed by atoms with Gasteiger partial charge in [-0.3, -0.25) is 0 Å². The molecule has 6 aromatic carbocycles. The molecule has 4 heterocycles. The third-order valence-electron chi connectivity index (χ3n) is 21.3. The molecule has 0 fully saturated rings. The van der Waals surface area contributed by atoms with E-state index in [1.807, 2.05) is 0 Å². The summed E-state index contributed by atoms with van der Waals surface area (Å²) in [6.45, 7) is 9.44. The minimum atomic E-state index is -0.00889. The van der Waals surface area contributed by atoms with Crippen molar-refractivity contribution in [2.45, 2.75) is 204 Å². The van der Waals surface area contributed by atoms with Crippen molar-refractivity contribution in [2.24, 2.45) is 0 Å². The molecule has 6 aromatic rings. The van der Waals surface area contributed by atoms with E-state index in [-0.39, 0.29) is 24.4 Å². The average Bonchev–Trinajstić information content (AvgIpc) is 4.32. The monoisotopic (exact) mass is 969 g/mol. The summed E-state index contributed by atoms with van der Waals surface area (Å²) in [5.74, 6) is 1.32. The highest BCUT2D eigenvalue weighted by atomic mass is 16.5. The fourth-order valence-electron chi connectivity index (χ4n) is 18.3. The van der Waals surface area contributed by atoms with Gasteiger partial charge in [0.1, 0.15) is 24.4 Å². The Morgan fingerprint density at radius 3 is 0.797 bits per heavy atom. The molecule has 0 amide bonds. The molecule has 6 aliphatic carbocycles. The van der Waals surface area contributed by atoms with Crippen LogP contribution >= 0.6 is 0 Å². The van der Waals surface area contributed by atoms with E-state index in [2.05, 4.69) is 101 Å². The van der Waals surface area contributed by atoms with Crippen molar-refractivity contribution in [3.05, 3.63) is 158 Å². The van der Waals surface area contributed by atoms with Crippen LogP contribution in [0.1, 0.15) is 268 Å². The first-order valence-electron chi connectivity index (χ1n) is 30.4. The second kappa shape index (κ2) is 16.1. The van der Waals surface area contributed by atoms with Gasteiger partial charge in [-0.25, -0.2) is 0 Å². The van der Waals surface area contributed by atoms with Gasteiger partial charge in [-0.15, -0.1) is 0 Å². The molecule has 2 unspecified atom stereocenters. The smallest absolute Gasteiger partial charge is 0.111 e. The zero-order valence-electron chi connectivity index (χ0n) is 44.5. The summed E-state index contributed by atoms with van der Waals surface area (Å²) < 4.78 is 15.3. The maximum atomic E-state index is 7.63. The predicted octanol–water partition coefficient (Wildman–Crippen LogP) is 15.8. The fourth-order valence-corrected chi connectivity index (χ4v) is 18.3. The van der Waals surface area contributed by atoms with E-state index in [9.17, 15) is 0 Å². The molecule has 0 radical (unpaired) electrons. The minimum absolute atomic E-state index is 0.00889. The second-order valence-corrected chi connectivity index (χ2v) is 25.0. The summed E-state index contributed by atoms with van der Waals surface area (Å²) in [6.07, 6.45) is 36.2. The molecule has 0 saturated heterocycles. The van der Waals surface area contributed by atoms with Gasteiger partial charge in [0.05, 0.1) is 0 Å². The van der Waals surface area contributed by atoms with Gasteiger partial charge in [-0.05, 0) is 205 Å². The van der Waals surface area contributed by atoms with E-state index in [1.54, 1.807) is 109 Å². The SMILES string of the molecule is CCCCCCc1c2c3c(CCCCCC)c4c1=CC1c5ccc6c7c(ccc(c57)[C@H]1C=4)C1=C6[C@@H]4O[C@H]1c1c4c(CCCCCC)c4c(c1CCCCCC)=CC1c5ccc6c7c(ccc(c57)[C@H]1C=4)C1=C6[C@@H]3O[C@H]12. The quantitative estimate of drug-likeness (QED) is 0.0710. The van der Waals surface area contributed by atoms with Gasteiger partial charge in [0.2, 0.25) is 0 Å². The molecular formula is C72H72O2. The van der Waals surface area contributed by atoms with Crippen LogP contribution < -0.4 is 20.9 Å². The van der Waals surface area contributed by atoms with Gasteiger partial charge in [-0.1, -0.05) is 178 Å². The van der Waals surface area contributed by atoms with E-state index < -0.39 is 0 Å². The number of unbranched alkanes of at least 4 members (excludes halogenated alkanes) is 12. The van der Waals surface area contributed by atoms with Crippen LogP contribution in [0.15, 0.2) is 48.5 Å². The van der Waals surface area contributed by atoms with Gasteiger partial charge in [0, 0.05) is 23.7 Å². The lowest BCUT2D eigenvalue weighted by atomic mass is 9.73. The lowest BCUT2D eigenvalue weighted by Gasteiger charge is -2.28. The second-order valence-electron chi connectivity index (χ2n) is 25.0. The Kier molecular flexibility index (Phi) is 9.57. The third kappa shape index (κ3) is 5.41. The first kappa shape index (κ1) is 43.9. The fraction of sp³-hybridized carbons (Fsp3) is 0.444. The molecule has 8 atom stereocenters. The van der Waals surface area contributed by atoms with Crippen LogP contribution in [0.25, 0.3) is 68.1 Å². The standard InChI is InChI=1S/C72H72O2/c1-5-9-13-17-21-37-49-33-53-41-25-30-47-60-48-32-27-42(57(41)60)54(53)34-50(49)38(22-18-14-10-6-2)62-61(37)69-65-45-29-26-43-55-35-51-39(23-19-15-11-7-3)63-64(72-68(48)67(47)71(63)74-72)40(24-20-16-12-8-4)52(51)36-56(55)44-28-31-46(59(45)58(43)44)66(65)70(62)73-69/h25-36,53-56,69-72H,5-24H2,1-4H3/t53-,54?,55?,56-,69-,70+,71+,72-/m1/s1. The highest BCUT2D eigenvalue weighted by Crippen LogP contribution is 2.70. The molecule has 0 N–H and O–H groups in total.